The highest BCUT2D eigenvalue weighted by Crippen LogP contribution is 2.16. The van der Waals surface area contributed by atoms with Crippen LogP contribution in [0.5, 0.6) is 5.75 Å². The van der Waals surface area contributed by atoms with Gasteiger partial charge in [-0.3, -0.25) is 4.79 Å². The van der Waals surface area contributed by atoms with E-state index in [1.54, 1.807) is 48.5 Å². The van der Waals surface area contributed by atoms with Gasteiger partial charge in [0.25, 0.3) is 5.91 Å². The lowest BCUT2D eigenvalue weighted by molar-refractivity contribution is -0.122. The molecule has 0 aromatic heterocycles. The summed E-state index contributed by atoms with van der Waals surface area (Å²) in [6.07, 6.45) is 0. The van der Waals surface area contributed by atoms with Crippen molar-refractivity contribution in [3.63, 3.8) is 0 Å². The SMILES string of the molecule is CCNC(=O)COc1ccc(NC(=O)Nc2ccc(C#N)cc2)cc1. The van der Waals surface area contributed by atoms with Crippen molar-refractivity contribution in [3.05, 3.63) is 54.1 Å². The van der Waals surface area contributed by atoms with E-state index in [0.717, 1.165) is 0 Å². The Morgan fingerprint density at radius 3 is 2.08 bits per heavy atom. The molecular formula is C18H18N4O3. The highest BCUT2D eigenvalue weighted by atomic mass is 16.5. The first kappa shape index (κ1) is 17.8. The second-order valence-corrected chi connectivity index (χ2v) is 5.03. The highest BCUT2D eigenvalue weighted by molar-refractivity contribution is 5.99. The van der Waals surface area contributed by atoms with E-state index in [2.05, 4.69) is 16.0 Å². The van der Waals surface area contributed by atoms with Gasteiger partial charge in [0.15, 0.2) is 6.61 Å². The average Bonchev–Trinajstić information content (AvgIpc) is 2.62. The minimum absolute atomic E-state index is 0.0558. The zero-order valence-electron chi connectivity index (χ0n) is 13.7. The van der Waals surface area contributed by atoms with Gasteiger partial charge in [0.05, 0.1) is 11.6 Å². The van der Waals surface area contributed by atoms with Gasteiger partial charge < -0.3 is 20.7 Å². The van der Waals surface area contributed by atoms with Gasteiger partial charge in [0, 0.05) is 17.9 Å². The maximum Gasteiger partial charge on any atom is 0.323 e. The topological polar surface area (TPSA) is 103 Å². The Morgan fingerprint density at radius 2 is 1.56 bits per heavy atom. The van der Waals surface area contributed by atoms with E-state index in [-0.39, 0.29) is 12.5 Å². The molecule has 2 aromatic carbocycles. The van der Waals surface area contributed by atoms with Crippen LogP contribution in [0.4, 0.5) is 16.2 Å². The molecule has 0 spiro atoms. The summed E-state index contributed by atoms with van der Waals surface area (Å²) >= 11 is 0. The zero-order valence-corrected chi connectivity index (χ0v) is 13.7. The van der Waals surface area contributed by atoms with Gasteiger partial charge in [-0.1, -0.05) is 0 Å². The molecule has 0 saturated heterocycles. The lowest BCUT2D eigenvalue weighted by Crippen LogP contribution is -2.28. The van der Waals surface area contributed by atoms with E-state index in [4.69, 9.17) is 10.00 Å². The maximum atomic E-state index is 11.9. The summed E-state index contributed by atoms with van der Waals surface area (Å²) in [4.78, 5) is 23.3. The van der Waals surface area contributed by atoms with Crippen molar-refractivity contribution in [2.24, 2.45) is 0 Å². The highest BCUT2D eigenvalue weighted by Gasteiger charge is 2.04. The number of hydrogen-bond acceptors (Lipinski definition) is 4. The molecule has 7 heteroatoms. The molecule has 0 aliphatic carbocycles. The molecule has 3 amide bonds. The van der Waals surface area contributed by atoms with Crippen LogP contribution in [0.1, 0.15) is 12.5 Å². The summed E-state index contributed by atoms with van der Waals surface area (Å²) in [6.45, 7) is 2.33. The summed E-state index contributed by atoms with van der Waals surface area (Å²) < 4.78 is 5.33. The Labute approximate surface area is 145 Å². The van der Waals surface area contributed by atoms with Crippen LogP contribution in [0.25, 0.3) is 0 Å². The van der Waals surface area contributed by atoms with Gasteiger partial charge in [-0.25, -0.2) is 4.79 Å². The number of nitrogens with zero attached hydrogens (tertiary/aromatic N) is 1. The van der Waals surface area contributed by atoms with Crippen LogP contribution >= 0.6 is 0 Å². The molecule has 7 nitrogen and oxygen atoms in total. The van der Waals surface area contributed by atoms with E-state index in [9.17, 15) is 9.59 Å². The number of hydrogen-bond donors (Lipinski definition) is 3. The van der Waals surface area contributed by atoms with Gasteiger partial charge in [0.2, 0.25) is 0 Å². The van der Waals surface area contributed by atoms with Gasteiger partial charge in [0.1, 0.15) is 5.75 Å². The fourth-order valence-electron chi connectivity index (χ4n) is 1.95. The molecule has 0 saturated carbocycles. The number of carbonyl (C=O) groups excluding carboxylic acids is 2. The largest absolute Gasteiger partial charge is 0.484 e. The first-order valence-corrected chi connectivity index (χ1v) is 7.68. The summed E-state index contributed by atoms with van der Waals surface area (Å²) in [5.41, 5.74) is 1.68. The van der Waals surface area contributed by atoms with E-state index in [0.29, 0.717) is 29.2 Å². The molecule has 0 atom stereocenters. The van der Waals surface area contributed by atoms with Crippen LogP contribution in [0.15, 0.2) is 48.5 Å². The molecule has 0 unspecified atom stereocenters. The van der Waals surface area contributed by atoms with Crippen molar-refractivity contribution in [3.8, 4) is 11.8 Å². The number of likely N-dealkylation sites (N-methyl/N-ethyl adjacent to an activating group) is 1. The number of ether oxygens (including phenoxy) is 1. The summed E-state index contributed by atoms with van der Waals surface area (Å²) in [7, 11) is 0. The molecule has 0 radical (unpaired) electrons. The van der Waals surface area contributed by atoms with Gasteiger partial charge in [-0.05, 0) is 55.5 Å². The van der Waals surface area contributed by atoms with Crippen molar-refractivity contribution in [1.82, 2.24) is 5.32 Å². The Morgan fingerprint density at radius 1 is 1.00 bits per heavy atom. The van der Waals surface area contributed by atoms with Crippen LogP contribution in [0, 0.1) is 11.3 Å². The second-order valence-electron chi connectivity index (χ2n) is 5.03. The second kappa shape index (κ2) is 8.93. The first-order chi connectivity index (χ1) is 12.1. The summed E-state index contributed by atoms with van der Waals surface area (Å²) in [5, 5.41) is 16.7. The number of anilines is 2. The fourth-order valence-corrected chi connectivity index (χ4v) is 1.95. The number of benzene rings is 2. The van der Waals surface area contributed by atoms with Crippen LogP contribution < -0.4 is 20.7 Å². The third-order valence-electron chi connectivity index (χ3n) is 3.13. The molecule has 2 aromatic rings. The van der Waals surface area contributed by atoms with Crippen molar-refractivity contribution >= 4 is 23.3 Å². The smallest absolute Gasteiger partial charge is 0.323 e. The van der Waals surface area contributed by atoms with E-state index in [1.807, 2.05) is 13.0 Å². The molecule has 0 bridgehead atoms. The van der Waals surface area contributed by atoms with E-state index >= 15 is 0 Å². The number of amides is 3. The minimum atomic E-state index is -0.402. The molecular weight excluding hydrogens is 320 g/mol. The number of nitriles is 1. The third kappa shape index (κ3) is 5.88. The number of rotatable bonds is 6. The Hall–Kier alpha value is -3.53. The maximum absolute atomic E-state index is 11.9. The Balaban J connectivity index is 1.84. The predicted molar refractivity (Wildman–Crippen MR) is 94.4 cm³/mol. The zero-order chi connectivity index (χ0) is 18.1. The van der Waals surface area contributed by atoms with Crippen molar-refractivity contribution in [1.29, 1.82) is 5.26 Å². The lowest BCUT2D eigenvalue weighted by Gasteiger charge is -2.09. The Bertz CT molecular complexity index is 764. The van der Waals surface area contributed by atoms with E-state index < -0.39 is 6.03 Å². The quantitative estimate of drug-likeness (QED) is 0.753. The molecule has 0 fully saturated rings. The van der Waals surface area contributed by atoms with Gasteiger partial charge >= 0.3 is 6.03 Å². The van der Waals surface area contributed by atoms with Crippen LogP contribution in [-0.2, 0) is 4.79 Å². The van der Waals surface area contributed by atoms with Crippen molar-refractivity contribution in [2.45, 2.75) is 6.92 Å². The number of urea groups is 1. The first-order valence-electron chi connectivity index (χ1n) is 7.68. The molecule has 0 aliphatic heterocycles. The standard InChI is InChI=1S/C18H18N4O3/c1-2-20-17(23)12-25-16-9-7-15(8-10-16)22-18(24)21-14-5-3-13(11-19)4-6-14/h3-10H,2,12H2,1H3,(H,20,23)(H2,21,22,24). The summed E-state index contributed by atoms with van der Waals surface area (Å²) in [6, 6.07) is 14.8. The minimum Gasteiger partial charge on any atom is -0.484 e. The molecule has 3 N–H and O–H groups in total. The van der Waals surface area contributed by atoms with Crippen LogP contribution in [0.2, 0.25) is 0 Å². The molecule has 25 heavy (non-hydrogen) atoms. The van der Waals surface area contributed by atoms with Crippen LogP contribution in [-0.4, -0.2) is 25.1 Å². The number of carbonyl (C=O) groups is 2. The molecule has 128 valence electrons. The van der Waals surface area contributed by atoms with Crippen molar-refractivity contribution in [2.75, 3.05) is 23.8 Å². The molecule has 0 heterocycles. The van der Waals surface area contributed by atoms with Gasteiger partial charge in [-0.2, -0.15) is 5.26 Å². The predicted octanol–water partition coefficient (Wildman–Crippen LogP) is 2.72. The fraction of sp³-hybridized carbons (Fsp3) is 0.167. The third-order valence-corrected chi connectivity index (χ3v) is 3.13. The lowest BCUT2D eigenvalue weighted by atomic mass is 10.2. The van der Waals surface area contributed by atoms with Crippen molar-refractivity contribution < 1.29 is 14.3 Å². The van der Waals surface area contributed by atoms with E-state index in [1.165, 1.54) is 0 Å². The van der Waals surface area contributed by atoms with Gasteiger partial charge in [-0.15, -0.1) is 0 Å². The normalized spacial score (nSPS) is 9.60. The number of nitrogens with one attached hydrogen (secondary N) is 3. The monoisotopic (exact) mass is 338 g/mol. The van der Waals surface area contributed by atoms with Crippen LogP contribution in [0.3, 0.4) is 0 Å². The average molecular weight is 338 g/mol. The molecule has 2 rings (SSSR count). The summed E-state index contributed by atoms with van der Waals surface area (Å²) in [5.74, 6) is 0.343. The molecule has 0 aliphatic rings. The Kier molecular flexibility index (Phi) is 6.37.